The van der Waals surface area contributed by atoms with Crippen molar-refractivity contribution < 1.29 is 14.7 Å². The van der Waals surface area contributed by atoms with Crippen LogP contribution in [0.4, 0.5) is 5.82 Å². The average Bonchev–Trinajstić information content (AvgIpc) is 2.87. The molecule has 1 aliphatic heterocycles. The van der Waals surface area contributed by atoms with Crippen molar-refractivity contribution in [3.8, 4) is 0 Å². The molecule has 0 aliphatic carbocycles. The van der Waals surface area contributed by atoms with Crippen molar-refractivity contribution >= 4 is 17.7 Å². The number of carbonyl (C=O) groups excluding carboxylic acids is 1. The molecule has 10 nitrogen and oxygen atoms in total. The highest BCUT2D eigenvalue weighted by molar-refractivity contribution is 5.95. The molecular formula is C11H11N7O3. The largest absolute Gasteiger partial charge is 0.476 e. The van der Waals surface area contributed by atoms with Gasteiger partial charge in [-0.25, -0.2) is 19.4 Å². The van der Waals surface area contributed by atoms with Crippen LogP contribution < -0.4 is 10.6 Å². The summed E-state index contributed by atoms with van der Waals surface area (Å²) in [4.78, 5) is 31.9. The van der Waals surface area contributed by atoms with Gasteiger partial charge in [0, 0.05) is 25.5 Å². The second-order valence-electron chi connectivity index (χ2n) is 4.54. The van der Waals surface area contributed by atoms with E-state index < -0.39 is 11.9 Å². The van der Waals surface area contributed by atoms with Gasteiger partial charge in [0.2, 0.25) is 0 Å². The molecule has 3 N–H and O–H groups in total. The fourth-order valence-electron chi connectivity index (χ4n) is 2.08. The molecule has 2 aromatic rings. The molecule has 0 spiro atoms. The zero-order chi connectivity index (χ0) is 15.0. The van der Waals surface area contributed by atoms with Gasteiger partial charge in [0.05, 0.1) is 12.2 Å². The maximum absolute atomic E-state index is 11.3. The van der Waals surface area contributed by atoms with Crippen LogP contribution in [0.2, 0.25) is 0 Å². The van der Waals surface area contributed by atoms with Gasteiger partial charge in [0.25, 0.3) is 5.91 Å². The molecule has 21 heavy (non-hydrogen) atoms. The number of rotatable bonds is 4. The molecule has 1 fully saturated rings. The minimum Gasteiger partial charge on any atom is -0.476 e. The minimum absolute atomic E-state index is 0.0340. The van der Waals surface area contributed by atoms with Crippen LogP contribution in [0.3, 0.4) is 0 Å². The summed E-state index contributed by atoms with van der Waals surface area (Å²) in [5.74, 6) is -1.35. The molecule has 2 aromatic heterocycles. The maximum Gasteiger partial charge on any atom is 0.358 e. The second kappa shape index (κ2) is 4.81. The fraction of sp³-hybridized carbons (Fsp3) is 0.273. The summed E-state index contributed by atoms with van der Waals surface area (Å²) < 4.78 is 1.49. The molecule has 0 atom stereocenters. The molecule has 10 heteroatoms. The first-order chi connectivity index (χ1) is 10.1. The molecule has 0 radical (unpaired) electrons. The van der Waals surface area contributed by atoms with Crippen LogP contribution >= 0.6 is 0 Å². The number of aromatic carboxylic acids is 1. The lowest BCUT2D eigenvalue weighted by molar-refractivity contribution is 0.0690. The zero-order valence-corrected chi connectivity index (χ0v) is 10.7. The molecule has 0 saturated carbocycles. The Kier molecular flexibility index (Phi) is 2.97. The van der Waals surface area contributed by atoms with E-state index in [1.807, 2.05) is 4.90 Å². The molecule has 1 amide bonds. The lowest BCUT2D eigenvalue weighted by Crippen LogP contribution is -2.49. The highest BCUT2D eigenvalue weighted by atomic mass is 16.4. The lowest BCUT2D eigenvalue weighted by Gasteiger charge is -2.39. The minimum atomic E-state index is -1.12. The predicted molar refractivity (Wildman–Crippen MR) is 68.8 cm³/mol. The molecule has 1 aliphatic rings. The first-order valence-corrected chi connectivity index (χ1v) is 6.07. The van der Waals surface area contributed by atoms with Crippen molar-refractivity contribution in [2.24, 2.45) is 5.73 Å². The number of primary amides is 1. The third-order valence-corrected chi connectivity index (χ3v) is 3.18. The summed E-state index contributed by atoms with van der Waals surface area (Å²) in [7, 11) is 0. The number of hydrogen-bond acceptors (Lipinski definition) is 7. The van der Waals surface area contributed by atoms with Crippen LogP contribution in [0.5, 0.6) is 0 Å². The Morgan fingerprint density at radius 1 is 1.29 bits per heavy atom. The van der Waals surface area contributed by atoms with Gasteiger partial charge < -0.3 is 15.7 Å². The monoisotopic (exact) mass is 289 g/mol. The molecule has 0 bridgehead atoms. The number of anilines is 1. The Balaban J connectivity index is 1.73. The van der Waals surface area contributed by atoms with Crippen LogP contribution in [-0.4, -0.2) is 55.0 Å². The van der Waals surface area contributed by atoms with Gasteiger partial charge >= 0.3 is 5.97 Å². The summed E-state index contributed by atoms with van der Waals surface area (Å²) >= 11 is 0. The summed E-state index contributed by atoms with van der Waals surface area (Å²) in [6.07, 6.45) is 4.25. The average molecular weight is 289 g/mol. The van der Waals surface area contributed by atoms with E-state index in [0.717, 1.165) is 0 Å². The van der Waals surface area contributed by atoms with Crippen LogP contribution in [0.1, 0.15) is 27.0 Å². The highest BCUT2D eigenvalue weighted by Crippen LogP contribution is 2.27. The van der Waals surface area contributed by atoms with Crippen molar-refractivity contribution in [2.45, 2.75) is 6.04 Å². The summed E-state index contributed by atoms with van der Waals surface area (Å²) in [6, 6.07) is -0.0340. The van der Waals surface area contributed by atoms with Gasteiger partial charge in [-0.2, -0.15) is 0 Å². The molecule has 108 valence electrons. The van der Waals surface area contributed by atoms with Crippen molar-refractivity contribution in [1.82, 2.24) is 25.0 Å². The van der Waals surface area contributed by atoms with Gasteiger partial charge in [-0.3, -0.25) is 4.79 Å². The normalized spacial score (nSPS) is 14.8. The van der Waals surface area contributed by atoms with E-state index in [4.69, 9.17) is 10.8 Å². The summed E-state index contributed by atoms with van der Waals surface area (Å²) in [6.45, 7) is 1.03. The molecule has 1 saturated heterocycles. The van der Waals surface area contributed by atoms with Crippen LogP contribution in [0.25, 0.3) is 0 Å². The van der Waals surface area contributed by atoms with Gasteiger partial charge in [0.1, 0.15) is 0 Å². The second-order valence-corrected chi connectivity index (χ2v) is 4.54. The molecule has 3 heterocycles. The Hall–Kier alpha value is -3.04. The smallest absolute Gasteiger partial charge is 0.358 e. The Morgan fingerprint density at radius 3 is 2.62 bits per heavy atom. The number of aromatic nitrogens is 5. The third kappa shape index (κ3) is 2.26. The van der Waals surface area contributed by atoms with Crippen molar-refractivity contribution in [2.75, 3.05) is 18.0 Å². The third-order valence-electron chi connectivity index (χ3n) is 3.18. The molecule has 3 rings (SSSR count). The summed E-state index contributed by atoms with van der Waals surface area (Å²) in [5.41, 5.74) is 5.26. The molecule has 0 aromatic carbocycles. The number of carbonyl (C=O) groups is 2. The van der Waals surface area contributed by atoms with Gasteiger partial charge in [-0.1, -0.05) is 5.21 Å². The maximum atomic E-state index is 11.3. The molecule has 0 unspecified atom stereocenters. The molecular weight excluding hydrogens is 278 g/mol. The van der Waals surface area contributed by atoms with Crippen LogP contribution in [0, 0.1) is 0 Å². The van der Waals surface area contributed by atoms with E-state index in [1.54, 1.807) is 0 Å². The van der Waals surface area contributed by atoms with Gasteiger partial charge in [-0.15, -0.1) is 5.10 Å². The summed E-state index contributed by atoms with van der Waals surface area (Å²) in [5, 5.41) is 16.1. The van der Waals surface area contributed by atoms with Crippen LogP contribution in [-0.2, 0) is 0 Å². The quantitative estimate of drug-likeness (QED) is 0.724. The Bertz CT molecular complexity index is 707. The predicted octanol–water partition coefficient (Wildman–Crippen LogP) is -1.07. The lowest BCUT2D eigenvalue weighted by atomic mass is 10.1. The van der Waals surface area contributed by atoms with E-state index in [9.17, 15) is 9.59 Å². The number of nitrogens with two attached hydrogens (primary N) is 1. The first-order valence-electron chi connectivity index (χ1n) is 6.07. The Labute approximate surface area is 118 Å². The van der Waals surface area contributed by atoms with Crippen molar-refractivity contribution in [3.05, 3.63) is 30.0 Å². The fourth-order valence-corrected chi connectivity index (χ4v) is 2.08. The van der Waals surface area contributed by atoms with E-state index in [0.29, 0.717) is 18.9 Å². The van der Waals surface area contributed by atoms with Gasteiger partial charge in [-0.05, 0) is 0 Å². The highest BCUT2D eigenvalue weighted by Gasteiger charge is 2.33. The SMILES string of the molecule is NC(=O)c1nccnc1N1CC(n2cc(C(=O)O)nn2)C1. The number of hydrogen-bond donors (Lipinski definition) is 2. The van der Waals surface area contributed by atoms with E-state index in [1.165, 1.54) is 23.3 Å². The zero-order valence-electron chi connectivity index (χ0n) is 10.7. The van der Waals surface area contributed by atoms with E-state index in [-0.39, 0.29) is 17.4 Å². The number of nitrogens with zero attached hydrogens (tertiary/aromatic N) is 6. The van der Waals surface area contributed by atoms with Crippen molar-refractivity contribution in [3.63, 3.8) is 0 Å². The number of amides is 1. The van der Waals surface area contributed by atoms with E-state index in [2.05, 4.69) is 20.3 Å². The number of carboxylic acids is 1. The number of carboxylic acid groups (broad SMARTS) is 1. The van der Waals surface area contributed by atoms with Gasteiger partial charge in [0.15, 0.2) is 17.2 Å². The Morgan fingerprint density at radius 2 is 2.00 bits per heavy atom. The van der Waals surface area contributed by atoms with Crippen LogP contribution in [0.15, 0.2) is 18.6 Å². The van der Waals surface area contributed by atoms with Crippen molar-refractivity contribution in [1.29, 1.82) is 0 Å². The standard InChI is InChI=1S/C11H11N7O3/c12-9(19)8-10(14-2-1-13-8)17-3-6(4-17)18-5-7(11(20)21)15-16-18/h1-2,5-6H,3-4H2,(H2,12,19)(H,20,21). The first kappa shape index (κ1) is 13.0. The van der Waals surface area contributed by atoms with E-state index >= 15 is 0 Å². The topological polar surface area (TPSA) is 140 Å².